The highest BCUT2D eigenvalue weighted by atomic mass is 16.5. The Morgan fingerprint density at radius 3 is 2.54 bits per heavy atom. The molecule has 2 aromatic rings. The third-order valence-electron chi connectivity index (χ3n) is 4.91. The Balaban J connectivity index is 1.48. The monoisotopic (exact) mass is 357 g/mol. The predicted molar refractivity (Wildman–Crippen MR) is 99.4 cm³/mol. The first-order valence-electron chi connectivity index (χ1n) is 9.24. The molecule has 0 bridgehead atoms. The van der Waals surface area contributed by atoms with E-state index in [0.717, 1.165) is 49.7 Å². The maximum Gasteiger partial charge on any atom is 0.251 e. The third kappa shape index (κ3) is 4.43. The van der Waals surface area contributed by atoms with E-state index in [2.05, 4.69) is 15.4 Å². The minimum Gasteiger partial charge on any atom is -0.494 e. The van der Waals surface area contributed by atoms with E-state index in [1.54, 1.807) is 0 Å². The van der Waals surface area contributed by atoms with Crippen LogP contribution in [0.1, 0.15) is 47.1 Å². The Morgan fingerprint density at radius 1 is 1.27 bits per heavy atom. The fourth-order valence-corrected chi connectivity index (χ4v) is 3.32. The summed E-state index contributed by atoms with van der Waals surface area (Å²) in [6, 6.07) is 7.52. The third-order valence-corrected chi connectivity index (χ3v) is 4.91. The number of likely N-dealkylation sites (tertiary alicyclic amines) is 1. The number of piperidine rings is 1. The van der Waals surface area contributed by atoms with Gasteiger partial charge >= 0.3 is 0 Å². The Bertz CT molecular complexity index is 712. The first kappa shape index (κ1) is 18.5. The topological polar surface area (TPSA) is 67.6 Å². The number of nitrogens with one attached hydrogen (secondary N) is 1. The average molecular weight is 357 g/mol. The molecule has 0 saturated carbocycles. The van der Waals surface area contributed by atoms with Gasteiger partial charge in [-0.1, -0.05) is 5.16 Å². The lowest BCUT2D eigenvalue weighted by Gasteiger charge is -2.32. The molecule has 1 aromatic carbocycles. The van der Waals surface area contributed by atoms with Crippen molar-refractivity contribution in [3.05, 3.63) is 46.8 Å². The Labute approximate surface area is 154 Å². The van der Waals surface area contributed by atoms with Crippen LogP contribution in [0.4, 0.5) is 0 Å². The van der Waals surface area contributed by atoms with Crippen molar-refractivity contribution in [3.8, 4) is 5.75 Å². The molecular weight excluding hydrogens is 330 g/mol. The van der Waals surface area contributed by atoms with Gasteiger partial charge in [-0.25, -0.2) is 0 Å². The van der Waals surface area contributed by atoms with Crippen LogP contribution in [0.5, 0.6) is 5.75 Å². The lowest BCUT2D eigenvalue weighted by Crippen LogP contribution is -2.44. The summed E-state index contributed by atoms with van der Waals surface area (Å²) in [5.41, 5.74) is 2.82. The van der Waals surface area contributed by atoms with Gasteiger partial charge in [-0.2, -0.15) is 0 Å². The van der Waals surface area contributed by atoms with Crippen LogP contribution in [0.2, 0.25) is 0 Å². The van der Waals surface area contributed by atoms with Crippen LogP contribution in [0.25, 0.3) is 0 Å². The molecule has 0 spiro atoms. The minimum atomic E-state index is -0.0165. The first-order chi connectivity index (χ1) is 12.6. The van der Waals surface area contributed by atoms with Gasteiger partial charge in [0.25, 0.3) is 5.91 Å². The highest BCUT2D eigenvalue weighted by Crippen LogP contribution is 2.19. The summed E-state index contributed by atoms with van der Waals surface area (Å²) in [6.45, 7) is 9.28. The van der Waals surface area contributed by atoms with Crippen LogP contribution in [0, 0.1) is 13.8 Å². The van der Waals surface area contributed by atoms with E-state index in [-0.39, 0.29) is 11.9 Å². The number of hydrogen-bond acceptors (Lipinski definition) is 5. The second-order valence-corrected chi connectivity index (χ2v) is 6.78. The number of aryl methyl sites for hydroxylation is 2. The van der Waals surface area contributed by atoms with Crippen molar-refractivity contribution in [1.29, 1.82) is 0 Å². The number of carbonyl (C=O) groups is 1. The number of amides is 1. The van der Waals surface area contributed by atoms with Gasteiger partial charge in [0.2, 0.25) is 0 Å². The molecule has 1 aliphatic heterocycles. The molecule has 0 unspecified atom stereocenters. The fraction of sp³-hybridized carbons (Fsp3) is 0.500. The van der Waals surface area contributed by atoms with Crippen molar-refractivity contribution in [2.45, 2.75) is 46.2 Å². The zero-order valence-electron chi connectivity index (χ0n) is 15.7. The van der Waals surface area contributed by atoms with Gasteiger partial charge in [0.15, 0.2) is 0 Å². The molecule has 6 heteroatoms. The second kappa shape index (κ2) is 8.36. The van der Waals surface area contributed by atoms with E-state index < -0.39 is 0 Å². The van der Waals surface area contributed by atoms with Crippen LogP contribution >= 0.6 is 0 Å². The number of carbonyl (C=O) groups excluding carboxylic acids is 1. The van der Waals surface area contributed by atoms with Crippen molar-refractivity contribution in [1.82, 2.24) is 15.4 Å². The summed E-state index contributed by atoms with van der Waals surface area (Å²) < 4.78 is 10.7. The first-order valence-corrected chi connectivity index (χ1v) is 9.24. The summed E-state index contributed by atoms with van der Waals surface area (Å²) in [6.07, 6.45) is 1.90. The van der Waals surface area contributed by atoms with E-state index in [9.17, 15) is 4.79 Å². The van der Waals surface area contributed by atoms with Crippen molar-refractivity contribution in [3.63, 3.8) is 0 Å². The highest BCUT2D eigenvalue weighted by Gasteiger charge is 2.23. The molecule has 2 heterocycles. The number of hydrogen-bond donors (Lipinski definition) is 1. The Hall–Kier alpha value is -2.34. The van der Waals surface area contributed by atoms with Crippen LogP contribution in [-0.4, -0.2) is 41.7 Å². The van der Waals surface area contributed by atoms with Gasteiger partial charge in [-0.15, -0.1) is 0 Å². The zero-order valence-corrected chi connectivity index (χ0v) is 15.7. The van der Waals surface area contributed by atoms with Gasteiger partial charge in [0.05, 0.1) is 12.3 Å². The smallest absolute Gasteiger partial charge is 0.251 e. The Kier molecular flexibility index (Phi) is 5.93. The minimum absolute atomic E-state index is 0.0165. The molecule has 1 fully saturated rings. The predicted octanol–water partition coefficient (Wildman–Crippen LogP) is 3.08. The van der Waals surface area contributed by atoms with Gasteiger partial charge in [0.1, 0.15) is 11.5 Å². The molecule has 1 saturated heterocycles. The van der Waals surface area contributed by atoms with Crippen LogP contribution in [0.3, 0.4) is 0 Å². The van der Waals surface area contributed by atoms with E-state index in [1.165, 1.54) is 5.56 Å². The molecule has 0 radical (unpaired) electrons. The molecule has 0 aliphatic carbocycles. The van der Waals surface area contributed by atoms with E-state index in [0.29, 0.717) is 12.2 Å². The highest BCUT2D eigenvalue weighted by molar-refractivity contribution is 5.94. The Morgan fingerprint density at radius 2 is 1.96 bits per heavy atom. The molecule has 1 aromatic heterocycles. The second-order valence-electron chi connectivity index (χ2n) is 6.78. The molecule has 26 heavy (non-hydrogen) atoms. The van der Waals surface area contributed by atoms with Crippen LogP contribution < -0.4 is 10.1 Å². The summed E-state index contributed by atoms with van der Waals surface area (Å²) in [7, 11) is 0. The number of rotatable bonds is 6. The van der Waals surface area contributed by atoms with E-state index in [4.69, 9.17) is 9.26 Å². The van der Waals surface area contributed by atoms with Crippen LogP contribution in [-0.2, 0) is 6.54 Å². The fourth-order valence-electron chi connectivity index (χ4n) is 3.32. The maximum absolute atomic E-state index is 12.4. The summed E-state index contributed by atoms with van der Waals surface area (Å²) in [5, 5.41) is 7.17. The lowest BCUT2D eigenvalue weighted by molar-refractivity contribution is 0.0909. The largest absolute Gasteiger partial charge is 0.494 e. The van der Waals surface area contributed by atoms with Gasteiger partial charge in [-0.05, 0) is 57.9 Å². The number of ether oxygens (including phenoxy) is 1. The van der Waals surface area contributed by atoms with Crippen molar-refractivity contribution in [2.75, 3.05) is 19.7 Å². The SMILES string of the molecule is CCOc1ccc(C(=O)NC2CCN(Cc3c(C)noc3C)CC2)cc1. The maximum atomic E-state index is 12.4. The summed E-state index contributed by atoms with van der Waals surface area (Å²) in [4.78, 5) is 14.8. The molecule has 0 atom stereocenters. The number of nitrogens with zero attached hydrogens (tertiary/aromatic N) is 2. The molecule has 1 amide bonds. The zero-order chi connectivity index (χ0) is 18.5. The van der Waals surface area contributed by atoms with Gasteiger partial charge < -0.3 is 14.6 Å². The molecule has 140 valence electrons. The molecule has 1 N–H and O–H groups in total. The summed E-state index contributed by atoms with van der Waals surface area (Å²) >= 11 is 0. The molecule has 1 aliphatic rings. The molecular formula is C20H27N3O3. The van der Waals surface area contributed by atoms with Crippen molar-refractivity contribution < 1.29 is 14.1 Å². The lowest BCUT2D eigenvalue weighted by atomic mass is 10.0. The van der Waals surface area contributed by atoms with Gasteiger partial charge in [-0.3, -0.25) is 9.69 Å². The molecule has 6 nitrogen and oxygen atoms in total. The quantitative estimate of drug-likeness (QED) is 0.860. The standard InChI is InChI=1S/C20H27N3O3/c1-4-25-18-7-5-16(6-8-18)20(24)21-17-9-11-23(12-10-17)13-19-14(2)22-26-15(19)3/h5-8,17H,4,9-13H2,1-3H3,(H,21,24). The summed E-state index contributed by atoms with van der Waals surface area (Å²) in [5.74, 6) is 1.67. The van der Waals surface area contributed by atoms with E-state index in [1.807, 2.05) is 45.0 Å². The van der Waals surface area contributed by atoms with Crippen LogP contribution in [0.15, 0.2) is 28.8 Å². The van der Waals surface area contributed by atoms with Crippen molar-refractivity contribution in [2.24, 2.45) is 0 Å². The average Bonchev–Trinajstić information content (AvgIpc) is 2.96. The number of benzene rings is 1. The number of aromatic nitrogens is 1. The van der Waals surface area contributed by atoms with Gasteiger partial charge in [0, 0.05) is 36.8 Å². The molecule has 3 rings (SSSR count). The van der Waals surface area contributed by atoms with Crippen molar-refractivity contribution >= 4 is 5.91 Å². The normalized spacial score (nSPS) is 15.8. The van der Waals surface area contributed by atoms with E-state index >= 15 is 0 Å².